The number of carbonyl (C=O) groups is 4. The van der Waals surface area contributed by atoms with Gasteiger partial charge < -0.3 is 0 Å². The Hall–Kier alpha value is -0.270. The standard InChI is InChI=1S/C12H14O4S3/c13-7(17)11(3-1-4-11)9(15)19-10(16)12(8(14)18)5-2-6-12/h1-6H2,(H,13,17)(H,14,18). The first kappa shape index (κ1) is 15.1. The molecule has 2 aliphatic carbocycles. The van der Waals surface area contributed by atoms with Crippen molar-refractivity contribution in [2.45, 2.75) is 38.5 Å². The second-order valence-corrected chi connectivity index (χ2v) is 6.92. The third-order valence-corrected chi connectivity index (χ3v) is 6.21. The van der Waals surface area contributed by atoms with E-state index in [1.807, 2.05) is 0 Å². The number of thiol groups is 2. The van der Waals surface area contributed by atoms with Gasteiger partial charge in [0, 0.05) is 0 Å². The van der Waals surface area contributed by atoms with E-state index in [2.05, 4.69) is 25.3 Å². The highest BCUT2D eigenvalue weighted by molar-refractivity contribution is 8.26. The van der Waals surface area contributed by atoms with Gasteiger partial charge in [0.05, 0.1) is 0 Å². The molecule has 0 radical (unpaired) electrons. The maximum Gasteiger partial charge on any atom is 0.210 e. The van der Waals surface area contributed by atoms with Gasteiger partial charge in [-0.1, -0.05) is 12.8 Å². The molecule has 0 heterocycles. The van der Waals surface area contributed by atoms with Crippen LogP contribution in [0.4, 0.5) is 0 Å². The molecule has 4 nitrogen and oxygen atoms in total. The van der Waals surface area contributed by atoms with Crippen molar-refractivity contribution in [3.8, 4) is 0 Å². The third-order valence-electron chi connectivity index (χ3n) is 4.20. The van der Waals surface area contributed by atoms with Crippen molar-refractivity contribution in [1.82, 2.24) is 0 Å². The summed E-state index contributed by atoms with van der Waals surface area (Å²) in [6, 6.07) is 0. The largest absolute Gasteiger partial charge is 0.286 e. The van der Waals surface area contributed by atoms with Crippen LogP contribution in [0.15, 0.2) is 0 Å². The minimum Gasteiger partial charge on any atom is -0.286 e. The van der Waals surface area contributed by atoms with Crippen LogP contribution in [0.3, 0.4) is 0 Å². The highest BCUT2D eigenvalue weighted by Gasteiger charge is 2.54. The molecular formula is C12H14O4S3. The van der Waals surface area contributed by atoms with Gasteiger partial charge in [0.1, 0.15) is 10.8 Å². The van der Waals surface area contributed by atoms with Gasteiger partial charge in [-0.15, -0.1) is 25.3 Å². The van der Waals surface area contributed by atoms with E-state index in [0.717, 1.165) is 12.8 Å². The lowest BCUT2D eigenvalue weighted by atomic mass is 9.70. The number of hydrogen-bond donors (Lipinski definition) is 2. The monoisotopic (exact) mass is 318 g/mol. The van der Waals surface area contributed by atoms with Crippen LogP contribution in [0.1, 0.15) is 38.5 Å². The summed E-state index contributed by atoms with van der Waals surface area (Å²) in [7, 11) is 0. The van der Waals surface area contributed by atoms with Crippen LogP contribution in [0.2, 0.25) is 0 Å². The van der Waals surface area contributed by atoms with Crippen LogP contribution in [0, 0.1) is 10.8 Å². The SMILES string of the molecule is O=C(S)C1(C(=O)SC(=O)C2(C(=O)S)CCC2)CCC1. The Morgan fingerprint density at radius 3 is 1.21 bits per heavy atom. The second kappa shape index (κ2) is 5.26. The molecule has 19 heavy (non-hydrogen) atoms. The van der Waals surface area contributed by atoms with Crippen LogP contribution >= 0.6 is 37.0 Å². The number of hydrogen-bond acceptors (Lipinski definition) is 5. The van der Waals surface area contributed by atoms with E-state index in [4.69, 9.17) is 0 Å². The minimum absolute atomic E-state index is 0.441. The Kier molecular flexibility index (Phi) is 4.18. The Balaban J connectivity index is 2.09. The summed E-state index contributed by atoms with van der Waals surface area (Å²) in [6.07, 6.45) is 3.33. The molecule has 0 aromatic carbocycles. The molecule has 0 saturated heterocycles. The average molecular weight is 318 g/mol. The van der Waals surface area contributed by atoms with Crippen molar-refractivity contribution in [3.63, 3.8) is 0 Å². The molecule has 7 heteroatoms. The highest BCUT2D eigenvalue weighted by atomic mass is 32.2. The van der Waals surface area contributed by atoms with Crippen LogP contribution in [0.25, 0.3) is 0 Å². The second-order valence-electron chi connectivity index (χ2n) is 5.16. The third kappa shape index (κ3) is 2.29. The van der Waals surface area contributed by atoms with Crippen molar-refractivity contribution < 1.29 is 19.2 Å². The summed E-state index contributed by atoms with van der Waals surface area (Å²) in [6.45, 7) is 0. The lowest BCUT2D eigenvalue weighted by Gasteiger charge is -2.39. The molecule has 2 aliphatic rings. The van der Waals surface area contributed by atoms with E-state index in [-0.39, 0.29) is 0 Å². The first-order valence-corrected chi connectivity index (χ1v) is 7.80. The minimum atomic E-state index is -1.12. The van der Waals surface area contributed by atoms with E-state index in [1.165, 1.54) is 0 Å². The van der Waals surface area contributed by atoms with Crippen LogP contribution in [-0.2, 0) is 19.2 Å². The molecule has 0 aromatic heterocycles. The summed E-state index contributed by atoms with van der Waals surface area (Å²) in [5.74, 6) is 0. The lowest BCUT2D eigenvalue weighted by Crippen LogP contribution is -2.46. The van der Waals surface area contributed by atoms with Gasteiger partial charge in [0.25, 0.3) is 0 Å². The van der Waals surface area contributed by atoms with Crippen molar-refractivity contribution >= 4 is 57.5 Å². The van der Waals surface area contributed by atoms with E-state index >= 15 is 0 Å². The van der Waals surface area contributed by atoms with Gasteiger partial charge in [0.15, 0.2) is 10.2 Å². The van der Waals surface area contributed by atoms with Gasteiger partial charge >= 0.3 is 0 Å². The van der Waals surface area contributed by atoms with E-state index in [0.29, 0.717) is 37.4 Å². The Labute approximate surface area is 126 Å². The Morgan fingerprint density at radius 2 is 1.05 bits per heavy atom. The predicted molar refractivity (Wildman–Crippen MR) is 78.2 cm³/mol. The fourth-order valence-electron chi connectivity index (χ4n) is 2.35. The number of rotatable bonds is 4. The van der Waals surface area contributed by atoms with Crippen LogP contribution < -0.4 is 0 Å². The quantitative estimate of drug-likeness (QED) is 0.613. The molecule has 0 spiro atoms. The summed E-state index contributed by atoms with van der Waals surface area (Å²) in [5, 5.41) is -1.90. The van der Waals surface area contributed by atoms with Crippen LogP contribution in [0.5, 0.6) is 0 Å². The molecule has 0 amide bonds. The first-order chi connectivity index (χ1) is 8.85. The molecule has 104 valence electrons. The summed E-state index contributed by atoms with van der Waals surface area (Å²) >= 11 is 8.02. The zero-order valence-corrected chi connectivity index (χ0v) is 12.8. The van der Waals surface area contributed by atoms with Crippen molar-refractivity contribution in [3.05, 3.63) is 0 Å². The smallest absolute Gasteiger partial charge is 0.210 e. The van der Waals surface area contributed by atoms with Crippen molar-refractivity contribution in [2.24, 2.45) is 10.8 Å². The zero-order valence-electron chi connectivity index (χ0n) is 10.2. The molecule has 0 bridgehead atoms. The molecule has 0 aromatic rings. The number of carbonyl (C=O) groups excluding carboxylic acids is 4. The van der Waals surface area contributed by atoms with Gasteiger partial charge in [-0.25, -0.2) is 0 Å². The molecule has 0 unspecified atom stereocenters. The van der Waals surface area contributed by atoms with Crippen molar-refractivity contribution in [1.29, 1.82) is 0 Å². The molecule has 0 N–H and O–H groups in total. The maximum absolute atomic E-state index is 12.1. The molecule has 0 atom stereocenters. The predicted octanol–water partition coefficient (Wildman–Crippen LogP) is 2.03. The molecule has 2 saturated carbocycles. The van der Waals surface area contributed by atoms with Gasteiger partial charge in [0.2, 0.25) is 10.2 Å². The van der Waals surface area contributed by atoms with E-state index in [1.54, 1.807) is 0 Å². The normalized spacial score (nSPS) is 22.8. The highest BCUT2D eigenvalue weighted by Crippen LogP contribution is 2.50. The number of thioether (sulfide) groups is 1. The fourth-order valence-corrected chi connectivity index (χ4v) is 4.31. The molecule has 2 rings (SSSR count). The topological polar surface area (TPSA) is 68.3 Å². The Morgan fingerprint density at radius 1 is 0.737 bits per heavy atom. The lowest BCUT2D eigenvalue weighted by molar-refractivity contribution is -0.136. The average Bonchev–Trinajstić information content (AvgIpc) is 2.10. The fraction of sp³-hybridized carbons (Fsp3) is 0.667. The van der Waals surface area contributed by atoms with Crippen molar-refractivity contribution in [2.75, 3.05) is 0 Å². The van der Waals surface area contributed by atoms with E-state index < -0.39 is 31.3 Å². The Bertz CT molecular complexity index is 422. The van der Waals surface area contributed by atoms with Gasteiger partial charge in [-0.05, 0) is 37.4 Å². The summed E-state index contributed by atoms with van der Waals surface area (Å²) in [4.78, 5) is 47.2. The zero-order chi connectivity index (χ0) is 14.3. The first-order valence-electron chi connectivity index (χ1n) is 6.09. The maximum atomic E-state index is 12.1. The van der Waals surface area contributed by atoms with E-state index in [9.17, 15) is 19.2 Å². The van der Waals surface area contributed by atoms with Crippen LogP contribution in [-0.4, -0.2) is 20.5 Å². The van der Waals surface area contributed by atoms with Gasteiger partial charge in [-0.2, -0.15) is 0 Å². The summed E-state index contributed by atoms with van der Waals surface area (Å²) < 4.78 is 0. The summed E-state index contributed by atoms with van der Waals surface area (Å²) in [5.41, 5.74) is -2.23. The molecular weight excluding hydrogens is 304 g/mol. The van der Waals surface area contributed by atoms with Gasteiger partial charge in [-0.3, -0.25) is 19.2 Å². The molecule has 0 aliphatic heterocycles. The molecule has 2 fully saturated rings.